The van der Waals surface area contributed by atoms with Gasteiger partial charge in [-0.15, -0.1) is 0 Å². The molecule has 2 N–H and O–H groups in total. The average molecular weight is 518 g/mol. The molecule has 1 atom stereocenters. The normalized spacial score (nSPS) is 16.8. The molecule has 1 fully saturated rings. The van der Waals surface area contributed by atoms with Gasteiger partial charge in [0.15, 0.2) is 11.5 Å². The summed E-state index contributed by atoms with van der Waals surface area (Å²) in [4.78, 5) is 26.2. The predicted molar refractivity (Wildman–Crippen MR) is 132 cm³/mol. The van der Waals surface area contributed by atoms with Gasteiger partial charge in [-0.3, -0.25) is 9.59 Å². The van der Waals surface area contributed by atoms with Crippen molar-refractivity contribution < 1.29 is 32.2 Å². The summed E-state index contributed by atoms with van der Waals surface area (Å²) in [5.41, 5.74) is 0.354. The second-order valence-electron chi connectivity index (χ2n) is 8.73. The first kappa shape index (κ1) is 25.8. The number of nitrogens with zero attached hydrogens (tertiary/aromatic N) is 1. The molecule has 36 heavy (non-hydrogen) atoms. The van der Waals surface area contributed by atoms with Crippen LogP contribution in [-0.4, -0.2) is 64.1 Å². The Morgan fingerprint density at radius 3 is 2.44 bits per heavy atom. The standard InChI is InChI=1S/C25H31N3O7S/c1-3-12-26-25(30)23(27-24(29)18-4-9-21-22(15-18)35-16-34-21)17-10-13-28(14-11-17)36(31,32)20-7-5-19(33-2)6-8-20/h4-9,15,17,23H,3,10-14,16H2,1-2H3,(H,26,30)(H,27,29)/t23-/m0/s1. The first-order chi connectivity index (χ1) is 17.3. The van der Waals surface area contributed by atoms with Crippen LogP contribution in [0.1, 0.15) is 36.5 Å². The van der Waals surface area contributed by atoms with E-state index in [2.05, 4.69) is 10.6 Å². The van der Waals surface area contributed by atoms with Crippen molar-refractivity contribution in [3.8, 4) is 17.2 Å². The zero-order valence-electron chi connectivity index (χ0n) is 20.4. The number of hydrogen-bond acceptors (Lipinski definition) is 7. The summed E-state index contributed by atoms with van der Waals surface area (Å²) in [5.74, 6) is 0.718. The lowest BCUT2D eigenvalue weighted by molar-refractivity contribution is -0.124. The SMILES string of the molecule is CCCNC(=O)[C@@H](NC(=O)c1ccc2c(c1)OCO2)C1CCN(S(=O)(=O)c2ccc(OC)cc2)CC1. The van der Waals surface area contributed by atoms with Crippen LogP contribution < -0.4 is 24.8 Å². The quantitative estimate of drug-likeness (QED) is 0.522. The van der Waals surface area contributed by atoms with E-state index in [0.29, 0.717) is 42.2 Å². The van der Waals surface area contributed by atoms with Crippen molar-refractivity contribution in [2.24, 2.45) is 5.92 Å². The van der Waals surface area contributed by atoms with Crippen LogP contribution in [0.3, 0.4) is 0 Å². The van der Waals surface area contributed by atoms with Crippen LogP contribution in [0.5, 0.6) is 17.2 Å². The maximum Gasteiger partial charge on any atom is 0.252 e. The van der Waals surface area contributed by atoms with Gasteiger partial charge in [0.05, 0.1) is 12.0 Å². The third-order valence-corrected chi connectivity index (χ3v) is 8.33. The molecule has 1 saturated heterocycles. The van der Waals surface area contributed by atoms with Crippen molar-refractivity contribution in [1.29, 1.82) is 0 Å². The number of carbonyl (C=O) groups excluding carboxylic acids is 2. The number of rotatable bonds is 9. The highest BCUT2D eigenvalue weighted by atomic mass is 32.2. The number of fused-ring (bicyclic) bond motifs is 1. The Labute approximate surface area is 211 Å². The van der Waals surface area contributed by atoms with Gasteiger partial charge in [-0.1, -0.05) is 6.92 Å². The summed E-state index contributed by atoms with van der Waals surface area (Å²) in [6.07, 6.45) is 1.62. The van der Waals surface area contributed by atoms with E-state index in [-0.39, 0.29) is 36.6 Å². The van der Waals surface area contributed by atoms with Crippen LogP contribution in [0, 0.1) is 5.92 Å². The third-order valence-electron chi connectivity index (χ3n) is 6.42. The lowest BCUT2D eigenvalue weighted by Crippen LogP contribution is -2.53. The molecule has 0 radical (unpaired) electrons. The van der Waals surface area contributed by atoms with Gasteiger partial charge < -0.3 is 24.8 Å². The fourth-order valence-electron chi connectivity index (χ4n) is 4.36. The zero-order chi connectivity index (χ0) is 25.7. The average Bonchev–Trinajstić information content (AvgIpc) is 3.38. The molecule has 10 nitrogen and oxygen atoms in total. The minimum absolute atomic E-state index is 0.0977. The summed E-state index contributed by atoms with van der Waals surface area (Å²) >= 11 is 0. The molecule has 2 aliphatic rings. The number of ether oxygens (including phenoxy) is 3. The van der Waals surface area contributed by atoms with Crippen LogP contribution in [-0.2, 0) is 14.8 Å². The Bertz CT molecular complexity index is 1190. The summed E-state index contributed by atoms with van der Waals surface area (Å²) in [7, 11) is -2.16. The molecule has 2 aromatic rings. The number of methoxy groups -OCH3 is 1. The van der Waals surface area contributed by atoms with E-state index in [1.165, 1.54) is 23.5 Å². The lowest BCUT2D eigenvalue weighted by Gasteiger charge is -2.35. The highest BCUT2D eigenvalue weighted by Crippen LogP contribution is 2.33. The van der Waals surface area contributed by atoms with E-state index in [0.717, 1.165) is 6.42 Å². The Morgan fingerprint density at radius 1 is 1.08 bits per heavy atom. The fourth-order valence-corrected chi connectivity index (χ4v) is 5.83. The van der Waals surface area contributed by atoms with Gasteiger partial charge in [0.25, 0.3) is 5.91 Å². The summed E-state index contributed by atoms with van der Waals surface area (Å²) in [6.45, 7) is 3.02. The van der Waals surface area contributed by atoms with Crippen LogP contribution in [0.2, 0.25) is 0 Å². The minimum Gasteiger partial charge on any atom is -0.497 e. The molecule has 4 rings (SSSR count). The van der Waals surface area contributed by atoms with Crippen molar-refractivity contribution in [2.75, 3.05) is 33.5 Å². The highest BCUT2D eigenvalue weighted by molar-refractivity contribution is 7.89. The largest absolute Gasteiger partial charge is 0.497 e. The molecule has 0 bridgehead atoms. The van der Waals surface area contributed by atoms with E-state index in [1.807, 2.05) is 6.92 Å². The highest BCUT2D eigenvalue weighted by Gasteiger charge is 2.36. The van der Waals surface area contributed by atoms with Gasteiger partial charge in [0.2, 0.25) is 22.7 Å². The predicted octanol–water partition coefficient (Wildman–Crippen LogP) is 2.15. The van der Waals surface area contributed by atoms with E-state index >= 15 is 0 Å². The molecule has 2 aromatic carbocycles. The van der Waals surface area contributed by atoms with Crippen LogP contribution in [0.15, 0.2) is 47.4 Å². The molecular weight excluding hydrogens is 486 g/mol. The second kappa shape index (κ2) is 11.2. The maximum atomic E-state index is 13.1. The Hall–Kier alpha value is -3.31. The monoisotopic (exact) mass is 517 g/mol. The van der Waals surface area contributed by atoms with Crippen molar-refractivity contribution in [3.63, 3.8) is 0 Å². The smallest absolute Gasteiger partial charge is 0.252 e. The van der Waals surface area contributed by atoms with Crippen molar-refractivity contribution >= 4 is 21.8 Å². The number of piperidine rings is 1. The van der Waals surface area contributed by atoms with Crippen LogP contribution in [0.25, 0.3) is 0 Å². The van der Waals surface area contributed by atoms with Crippen LogP contribution >= 0.6 is 0 Å². The minimum atomic E-state index is -3.68. The van der Waals surface area contributed by atoms with Crippen LogP contribution in [0.4, 0.5) is 0 Å². The molecule has 194 valence electrons. The fraction of sp³-hybridized carbons (Fsp3) is 0.440. The molecular formula is C25H31N3O7S. The van der Waals surface area contributed by atoms with Gasteiger partial charge in [0.1, 0.15) is 11.8 Å². The van der Waals surface area contributed by atoms with Gasteiger partial charge in [-0.05, 0) is 67.6 Å². The third kappa shape index (κ3) is 5.57. The van der Waals surface area contributed by atoms with E-state index in [9.17, 15) is 18.0 Å². The summed E-state index contributed by atoms with van der Waals surface area (Å²) in [6, 6.07) is 10.3. The molecule has 0 aliphatic carbocycles. The number of amides is 2. The molecule has 0 unspecified atom stereocenters. The van der Waals surface area contributed by atoms with Crippen molar-refractivity contribution in [3.05, 3.63) is 48.0 Å². The summed E-state index contributed by atoms with van der Waals surface area (Å²) < 4.78 is 43.4. The lowest BCUT2D eigenvalue weighted by atomic mass is 9.89. The van der Waals surface area contributed by atoms with Gasteiger partial charge >= 0.3 is 0 Å². The molecule has 2 heterocycles. The molecule has 2 aliphatic heterocycles. The molecule has 11 heteroatoms. The van der Waals surface area contributed by atoms with E-state index < -0.39 is 22.0 Å². The molecule has 0 spiro atoms. The number of hydrogen-bond donors (Lipinski definition) is 2. The van der Waals surface area contributed by atoms with E-state index in [1.54, 1.807) is 30.3 Å². The second-order valence-corrected chi connectivity index (χ2v) is 10.7. The summed E-state index contributed by atoms with van der Waals surface area (Å²) in [5, 5.41) is 5.74. The Morgan fingerprint density at radius 2 is 1.78 bits per heavy atom. The molecule has 0 saturated carbocycles. The number of benzene rings is 2. The molecule has 0 aromatic heterocycles. The first-order valence-corrected chi connectivity index (χ1v) is 13.4. The maximum absolute atomic E-state index is 13.1. The van der Waals surface area contributed by atoms with Crippen molar-refractivity contribution in [2.45, 2.75) is 37.1 Å². The van der Waals surface area contributed by atoms with Gasteiger partial charge in [-0.2, -0.15) is 4.31 Å². The Balaban J connectivity index is 1.45. The van der Waals surface area contributed by atoms with Crippen molar-refractivity contribution in [1.82, 2.24) is 14.9 Å². The topological polar surface area (TPSA) is 123 Å². The first-order valence-electron chi connectivity index (χ1n) is 12.0. The van der Waals surface area contributed by atoms with Gasteiger partial charge in [-0.25, -0.2) is 8.42 Å². The Kier molecular flexibility index (Phi) is 8.00. The van der Waals surface area contributed by atoms with Gasteiger partial charge in [0, 0.05) is 25.2 Å². The molecule has 2 amide bonds. The zero-order valence-corrected chi connectivity index (χ0v) is 21.2. The number of sulfonamides is 1. The van der Waals surface area contributed by atoms with E-state index in [4.69, 9.17) is 14.2 Å². The number of nitrogens with one attached hydrogen (secondary N) is 2. The number of carbonyl (C=O) groups is 2.